The molecular formula is C9H11N. The first-order valence-corrected chi connectivity index (χ1v) is 4.03. The molecule has 0 N–H and O–H groups in total. The van der Waals surface area contributed by atoms with Gasteiger partial charge in [-0.05, 0) is 24.0 Å². The van der Waals surface area contributed by atoms with Crippen LogP contribution in [-0.2, 0) is 6.54 Å². The highest BCUT2D eigenvalue weighted by Gasteiger charge is 2.52. The molecule has 0 saturated heterocycles. The van der Waals surface area contributed by atoms with Crippen LogP contribution in [0.4, 0.5) is 0 Å². The van der Waals surface area contributed by atoms with Gasteiger partial charge in [-0.15, -0.1) is 0 Å². The zero-order valence-electron chi connectivity index (χ0n) is 6.12. The topological polar surface area (TPSA) is 4.93 Å². The van der Waals surface area contributed by atoms with Gasteiger partial charge in [0.15, 0.2) is 0 Å². The van der Waals surface area contributed by atoms with Crippen LogP contribution in [0.1, 0.15) is 18.5 Å². The van der Waals surface area contributed by atoms with Gasteiger partial charge < -0.3 is 4.57 Å². The molecule has 1 nitrogen and oxygen atoms in total. The van der Waals surface area contributed by atoms with Crippen LogP contribution in [0.15, 0.2) is 18.3 Å². The molecule has 1 unspecified atom stereocenters. The number of hydrogen-bond donors (Lipinski definition) is 0. The van der Waals surface area contributed by atoms with E-state index in [-0.39, 0.29) is 0 Å². The molecule has 1 aliphatic carbocycles. The summed E-state index contributed by atoms with van der Waals surface area (Å²) in [6.45, 7) is 3.65. The molecule has 52 valence electrons. The number of fused-ring (bicyclic) bond motifs is 3. The van der Waals surface area contributed by atoms with Crippen molar-refractivity contribution in [1.82, 2.24) is 4.57 Å². The van der Waals surface area contributed by atoms with Crippen LogP contribution in [0.3, 0.4) is 0 Å². The normalized spacial score (nSPS) is 41.1. The van der Waals surface area contributed by atoms with Gasteiger partial charge in [0.2, 0.25) is 0 Å². The van der Waals surface area contributed by atoms with E-state index in [1.165, 1.54) is 6.54 Å². The standard InChI is InChI=1S/C9H11N/c1-6-7-5-10-4-2-3-8(10)9(6)7/h2-4,6-7,9H,5H2,1H3/t6-,7?,9-/m0/s1. The maximum Gasteiger partial charge on any atom is 0.0259 e. The molecule has 1 aromatic rings. The van der Waals surface area contributed by atoms with Gasteiger partial charge in [-0.1, -0.05) is 6.92 Å². The molecule has 2 heterocycles. The van der Waals surface area contributed by atoms with Gasteiger partial charge in [0.1, 0.15) is 0 Å². The second-order valence-electron chi connectivity index (χ2n) is 3.63. The van der Waals surface area contributed by atoms with Gasteiger partial charge in [-0.3, -0.25) is 0 Å². The Labute approximate surface area is 60.7 Å². The van der Waals surface area contributed by atoms with E-state index >= 15 is 0 Å². The summed E-state index contributed by atoms with van der Waals surface area (Å²) in [4.78, 5) is 0. The second-order valence-corrected chi connectivity index (χ2v) is 3.63. The van der Waals surface area contributed by atoms with Crippen LogP contribution < -0.4 is 0 Å². The van der Waals surface area contributed by atoms with Crippen molar-refractivity contribution >= 4 is 0 Å². The summed E-state index contributed by atoms with van der Waals surface area (Å²) in [6, 6.07) is 4.44. The first kappa shape index (κ1) is 5.00. The van der Waals surface area contributed by atoms with Crippen LogP contribution in [0.2, 0.25) is 0 Å². The van der Waals surface area contributed by atoms with E-state index < -0.39 is 0 Å². The summed E-state index contributed by atoms with van der Waals surface area (Å²) in [5.74, 6) is 2.90. The third-order valence-corrected chi connectivity index (χ3v) is 3.18. The molecule has 1 aromatic heterocycles. The van der Waals surface area contributed by atoms with Gasteiger partial charge in [-0.25, -0.2) is 0 Å². The molecule has 1 fully saturated rings. The average Bonchev–Trinajstić information content (AvgIpc) is 2.27. The molecule has 3 rings (SSSR count). The summed E-state index contributed by atoms with van der Waals surface area (Å²) in [6.07, 6.45) is 2.20. The van der Waals surface area contributed by atoms with E-state index in [9.17, 15) is 0 Å². The first-order valence-electron chi connectivity index (χ1n) is 4.03. The van der Waals surface area contributed by atoms with Crippen molar-refractivity contribution in [2.75, 3.05) is 0 Å². The highest BCUT2D eigenvalue weighted by atomic mass is 15.0. The number of nitrogens with zero attached hydrogens (tertiary/aromatic N) is 1. The predicted molar refractivity (Wildman–Crippen MR) is 39.8 cm³/mol. The fourth-order valence-electron chi connectivity index (χ4n) is 2.44. The highest BCUT2D eigenvalue weighted by Crippen LogP contribution is 2.58. The molecule has 0 aromatic carbocycles. The maximum atomic E-state index is 2.40. The predicted octanol–water partition coefficient (Wildman–Crippen LogP) is 1.85. The van der Waals surface area contributed by atoms with E-state index in [0.717, 1.165) is 17.8 Å². The maximum absolute atomic E-state index is 2.40. The lowest BCUT2D eigenvalue weighted by atomic mass is 10.2. The third kappa shape index (κ3) is 0.386. The Morgan fingerprint density at radius 2 is 2.50 bits per heavy atom. The largest absolute Gasteiger partial charge is 0.351 e. The quantitative estimate of drug-likeness (QED) is 0.509. The fraction of sp³-hybridized carbons (Fsp3) is 0.556. The fourth-order valence-corrected chi connectivity index (χ4v) is 2.44. The minimum Gasteiger partial charge on any atom is -0.351 e. The molecule has 0 bridgehead atoms. The van der Waals surface area contributed by atoms with Gasteiger partial charge in [0.25, 0.3) is 0 Å². The molecule has 3 atom stereocenters. The molecule has 2 aliphatic rings. The lowest BCUT2D eigenvalue weighted by molar-refractivity contribution is 0.611. The number of hydrogen-bond acceptors (Lipinski definition) is 0. The second kappa shape index (κ2) is 1.31. The molecular weight excluding hydrogens is 122 g/mol. The van der Waals surface area contributed by atoms with Crippen LogP contribution in [-0.4, -0.2) is 4.57 Å². The molecule has 1 saturated carbocycles. The van der Waals surface area contributed by atoms with Crippen molar-refractivity contribution in [2.45, 2.75) is 19.4 Å². The minimum absolute atomic E-state index is 0.926. The Morgan fingerprint density at radius 3 is 3.40 bits per heavy atom. The highest BCUT2D eigenvalue weighted by molar-refractivity contribution is 5.27. The molecule has 0 amide bonds. The Kier molecular flexibility index (Phi) is 0.657. The molecule has 1 heteroatoms. The first-order chi connectivity index (χ1) is 4.88. The van der Waals surface area contributed by atoms with E-state index in [2.05, 4.69) is 29.8 Å². The van der Waals surface area contributed by atoms with Crippen molar-refractivity contribution in [3.05, 3.63) is 24.0 Å². The minimum atomic E-state index is 0.926. The zero-order chi connectivity index (χ0) is 6.72. The molecule has 10 heavy (non-hydrogen) atoms. The van der Waals surface area contributed by atoms with Gasteiger partial charge in [0.05, 0.1) is 0 Å². The average molecular weight is 133 g/mol. The Morgan fingerprint density at radius 1 is 1.60 bits per heavy atom. The summed E-state index contributed by atoms with van der Waals surface area (Å²) in [5, 5.41) is 0. The Balaban J connectivity index is 2.14. The summed E-state index contributed by atoms with van der Waals surface area (Å²) >= 11 is 0. The van der Waals surface area contributed by atoms with E-state index in [1.54, 1.807) is 5.69 Å². The van der Waals surface area contributed by atoms with Crippen LogP contribution >= 0.6 is 0 Å². The Hall–Kier alpha value is -0.720. The summed E-state index contributed by atoms with van der Waals surface area (Å²) < 4.78 is 2.40. The van der Waals surface area contributed by atoms with Crippen molar-refractivity contribution in [3.8, 4) is 0 Å². The van der Waals surface area contributed by atoms with Gasteiger partial charge in [0, 0.05) is 24.4 Å². The number of aromatic nitrogens is 1. The summed E-state index contributed by atoms with van der Waals surface area (Å²) in [5.41, 5.74) is 1.58. The van der Waals surface area contributed by atoms with Gasteiger partial charge in [-0.2, -0.15) is 0 Å². The molecule has 0 radical (unpaired) electrons. The molecule has 1 aliphatic heterocycles. The van der Waals surface area contributed by atoms with Crippen molar-refractivity contribution in [3.63, 3.8) is 0 Å². The van der Waals surface area contributed by atoms with Crippen LogP contribution in [0.25, 0.3) is 0 Å². The van der Waals surface area contributed by atoms with Gasteiger partial charge >= 0.3 is 0 Å². The third-order valence-electron chi connectivity index (χ3n) is 3.18. The van der Waals surface area contributed by atoms with Crippen LogP contribution in [0, 0.1) is 11.8 Å². The van der Waals surface area contributed by atoms with E-state index in [4.69, 9.17) is 0 Å². The van der Waals surface area contributed by atoms with E-state index in [0.29, 0.717) is 0 Å². The lowest BCUT2D eigenvalue weighted by Gasteiger charge is -2.01. The number of rotatable bonds is 0. The summed E-state index contributed by atoms with van der Waals surface area (Å²) in [7, 11) is 0. The monoisotopic (exact) mass is 133 g/mol. The van der Waals surface area contributed by atoms with E-state index in [1.807, 2.05) is 0 Å². The van der Waals surface area contributed by atoms with Crippen molar-refractivity contribution in [1.29, 1.82) is 0 Å². The van der Waals surface area contributed by atoms with Crippen LogP contribution in [0.5, 0.6) is 0 Å². The Bertz CT molecular complexity index is 274. The lowest BCUT2D eigenvalue weighted by Crippen LogP contribution is -1.97. The molecule has 0 spiro atoms. The smallest absolute Gasteiger partial charge is 0.0259 e. The SMILES string of the molecule is C[C@H]1C2Cn3cccc3[C@H]21. The zero-order valence-corrected chi connectivity index (χ0v) is 6.12. The van der Waals surface area contributed by atoms with Crippen molar-refractivity contribution in [2.24, 2.45) is 11.8 Å². The van der Waals surface area contributed by atoms with Crippen molar-refractivity contribution < 1.29 is 0 Å².